The second-order valence-electron chi connectivity index (χ2n) is 7.06. The topological polar surface area (TPSA) is 49.3 Å². The molecule has 1 aliphatic heterocycles. The lowest BCUT2D eigenvalue weighted by Gasteiger charge is -2.44. The van der Waals surface area contributed by atoms with Crippen LogP contribution in [0.5, 0.6) is 0 Å². The zero-order chi connectivity index (χ0) is 24.3. The van der Waals surface area contributed by atoms with Crippen molar-refractivity contribution < 1.29 is 4.79 Å². The average molecular weight is 437 g/mol. The summed E-state index contributed by atoms with van der Waals surface area (Å²) in [5.41, 5.74) is 3.11. The number of benzene rings is 2. The number of hydrogen-bond acceptors (Lipinski definition) is 4. The molecule has 32 heavy (non-hydrogen) atoms. The van der Waals surface area contributed by atoms with E-state index in [4.69, 9.17) is 9.97 Å². The summed E-state index contributed by atoms with van der Waals surface area (Å²) in [5.74, 6) is 1.81. The van der Waals surface area contributed by atoms with Crippen LogP contribution in [0.25, 0.3) is 22.3 Å². The van der Waals surface area contributed by atoms with Crippen molar-refractivity contribution in [2.45, 2.75) is 62.3 Å². The van der Waals surface area contributed by atoms with Gasteiger partial charge in [-0.25, -0.2) is 9.97 Å². The molecule has 5 nitrogen and oxygen atoms in total. The number of carbonyl (C=O) groups is 1. The van der Waals surface area contributed by atoms with E-state index in [2.05, 4.69) is 17.9 Å². The molecule has 0 radical (unpaired) electrons. The normalized spacial score (nSPS) is 11.9. The minimum absolute atomic E-state index is 0.0156. The van der Waals surface area contributed by atoms with E-state index in [9.17, 15) is 4.79 Å². The lowest BCUT2D eigenvalue weighted by molar-refractivity contribution is -0.137. The SMILES string of the molecule is CC.CC.CC.Cc1ccccc1-c1nc(N2CN(C(=O)C(C)C)C2)c2ccccc2n1. The second kappa shape index (κ2) is 13.5. The van der Waals surface area contributed by atoms with Gasteiger partial charge in [0.2, 0.25) is 5.91 Å². The second-order valence-corrected chi connectivity index (χ2v) is 7.06. The fraction of sp³-hybridized carbons (Fsp3) is 0.444. The molecule has 5 heteroatoms. The van der Waals surface area contributed by atoms with Gasteiger partial charge in [-0.15, -0.1) is 0 Å². The fourth-order valence-electron chi connectivity index (χ4n) is 3.25. The number of fused-ring (bicyclic) bond motifs is 1. The van der Waals surface area contributed by atoms with Gasteiger partial charge in [0.05, 0.1) is 18.9 Å². The summed E-state index contributed by atoms with van der Waals surface area (Å²) in [6, 6.07) is 16.2. The van der Waals surface area contributed by atoms with Gasteiger partial charge in [-0.3, -0.25) is 4.79 Å². The number of anilines is 1. The van der Waals surface area contributed by atoms with Crippen LogP contribution in [0.2, 0.25) is 0 Å². The first kappa shape index (κ1) is 27.1. The number of amides is 1. The Labute approximate surface area is 194 Å². The number of hydrogen-bond donors (Lipinski definition) is 0. The van der Waals surface area contributed by atoms with Crippen LogP contribution in [-0.4, -0.2) is 34.1 Å². The average Bonchev–Trinajstić information content (AvgIpc) is 2.82. The Kier molecular flexibility index (Phi) is 11.4. The van der Waals surface area contributed by atoms with Crippen molar-refractivity contribution in [2.24, 2.45) is 5.92 Å². The third-order valence-corrected chi connectivity index (χ3v) is 4.76. The van der Waals surface area contributed by atoms with Crippen LogP contribution in [0.15, 0.2) is 48.5 Å². The lowest BCUT2D eigenvalue weighted by atomic mass is 10.1. The van der Waals surface area contributed by atoms with Gasteiger partial charge >= 0.3 is 0 Å². The minimum Gasteiger partial charge on any atom is -0.320 e. The molecule has 1 aromatic heterocycles. The molecular formula is C27H40N4O. The van der Waals surface area contributed by atoms with Gasteiger partial charge in [0, 0.05) is 16.9 Å². The third-order valence-electron chi connectivity index (χ3n) is 4.76. The van der Waals surface area contributed by atoms with Crippen LogP contribution in [0.1, 0.15) is 61.0 Å². The number of carbonyl (C=O) groups excluding carboxylic acids is 1. The molecule has 174 valence electrons. The molecule has 2 heterocycles. The molecule has 4 rings (SSSR count). The highest BCUT2D eigenvalue weighted by molar-refractivity contribution is 5.92. The first-order chi connectivity index (χ1) is 15.5. The molecule has 0 aliphatic carbocycles. The Morgan fingerprint density at radius 1 is 0.844 bits per heavy atom. The highest BCUT2D eigenvalue weighted by Gasteiger charge is 2.31. The Morgan fingerprint density at radius 3 is 2.00 bits per heavy atom. The van der Waals surface area contributed by atoms with Crippen LogP contribution in [0.3, 0.4) is 0 Å². The maximum atomic E-state index is 12.2. The molecule has 1 aliphatic rings. The molecule has 0 N–H and O–H groups in total. The minimum atomic E-state index is 0.0156. The Hall–Kier alpha value is -2.95. The van der Waals surface area contributed by atoms with Gasteiger partial charge in [-0.05, 0) is 24.6 Å². The van der Waals surface area contributed by atoms with Crippen molar-refractivity contribution in [3.8, 4) is 11.4 Å². The van der Waals surface area contributed by atoms with E-state index in [1.54, 1.807) is 0 Å². The van der Waals surface area contributed by atoms with E-state index in [0.717, 1.165) is 33.7 Å². The van der Waals surface area contributed by atoms with E-state index < -0.39 is 0 Å². The summed E-state index contributed by atoms with van der Waals surface area (Å²) in [5, 5.41) is 1.02. The highest BCUT2D eigenvalue weighted by Crippen LogP contribution is 2.31. The number of nitrogens with zero attached hydrogens (tertiary/aromatic N) is 4. The van der Waals surface area contributed by atoms with Crippen molar-refractivity contribution in [2.75, 3.05) is 18.2 Å². The zero-order valence-electron chi connectivity index (χ0n) is 21.3. The van der Waals surface area contributed by atoms with Gasteiger partial charge in [-0.2, -0.15) is 0 Å². The van der Waals surface area contributed by atoms with E-state index in [1.165, 1.54) is 0 Å². The van der Waals surface area contributed by atoms with E-state index >= 15 is 0 Å². The molecule has 1 saturated heterocycles. The molecular weight excluding hydrogens is 396 g/mol. The lowest BCUT2D eigenvalue weighted by Crippen LogP contribution is -2.59. The van der Waals surface area contributed by atoms with Crippen molar-refractivity contribution in [3.63, 3.8) is 0 Å². The van der Waals surface area contributed by atoms with Gasteiger partial charge in [-0.1, -0.05) is 91.8 Å². The van der Waals surface area contributed by atoms with Crippen molar-refractivity contribution >= 4 is 22.6 Å². The van der Waals surface area contributed by atoms with Crippen LogP contribution >= 0.6 is 0 Å². The Bertz CT molecular complexity index is 978. The highest BCUT2D eigenvalue weighted by atomic mass is 16.2. The van der Waals surface area contributed by atoms with Crippen LogP contribution in [0.4, 0.5) is 5.82 Å². The molecule has 0 unspecified atom stereocenters. The predicted octanol–water partition coefficient (Wildman–Crippen LogP) is 6.90. The van der Waals surface area contributed by atoms with Crippen LogP contribution in [0, 0.1) is 12.8 Å². The van der Waals surface area contributed by atoms with Crippen molar-refractivity contribution in [1.29, 1.82) is 0 Å². The quantitative estimate of drug-likeness (QED) is 0.448. The van der Waals surface area contributed by atoms with Crippen LogP contribution < -0.4 is 4.90 Å². The molecule has 3 aromatic rings. The molecule has 2 aromatic carbocycles. The third kappa shape index (κ3) is 6.06. The van der Waals surface area contributed by atoms with Crippen molar-refractivity contribution in [1.82, 2.24) is 14.9 Å². The molecule has 1 fully saturated rings. The number of aromatic nitrogens is 2. The fourth-order valence-corrected chi connectivity index (χ4v) is 3.25. The van der Waals surface area contributed by atoms with Gasteiger partial charge in [0.15, 0.2) is 5.82 Å². The standard InChI is InChI=1S/C21H22N4O.3C2H6/c1-14(2)21(26)25-12-24(13-25)20-17-10-6-7-11-18(17)22-19(23-20)16-9-5-4-8-15(16)3;3*1-2/h4-11,14H,12-13H2,1-3H3;3*1-2H3. The van der Waals surface area contributed by atoms with E-state index in [0.29, 0.717) is 13.3 Å². The molecule has 0 saturated carbocycles. The summed E-state index contributed by atoms with van der Waals surface area (Å²) >= 11 is 0. The van der Waals surface area contributed by atoms with Crippen molar-refractivity contribution in [3.05, 3.63) is 54.1 Å². The summed E-state index contributed by atoms with van der Waals surface area (Å²) in [6.45, 7) is 19.1. The zero-order valence-corrected chi connectivity index (χ0v) is 21.3. The summed E-state index contributed by atoms with van der Waals surface area (Å²) in [4.78, 5) is 25.8. The van der Waals surface area contributed by atoms with Crippen LogP contribution in [-0.2, 0) is 4.79 Å². The number of aryl methyl sites for hydroxylation is 1. The largest absolute Gasteiger partial charge is 0.320 e. The Balaban J connectivity index is 0.000000789. The van der Waals surface area contributed by atoms with E-state index in [-0.39, 0.29) is 11.8 Å². The maximum absolute atomic E-state index is 12.2. The Morgan fingerprint density at radius 2 is 1.41 bits per heavy atom. The van der Waals surface area contributed by atoms with Gasteiger partial charge in [0.1, 0.15) is 5.82 Å². The van der Waals surface area contributed by atoms with Gasteiger partial charge in [0.25, 0.3) is 0 Å². The summed E-state index contributed by atoms with van der Waals surface area (Å²) in [6.07, 6.45) is 0. The monoisotopic (exact) mass is 436 g/mol. The van der Waals surface area contributed by atoms with E-state index in [1.807, 2.05) is 103 Å². The first-order valence-electron chi connectivity index (χ1n) is 11.9. The maximum Gasteiger partial charge on any atom is 0.227 e. The summed E-state index contributed by atoms with van der Waals surface area (Å²) in [7, 11) is 0. The number of rotatable bonds is 3. The van der Waals surface area contributed by atoms with Gasteiger partial charge < -0.3 is 9.80 Å². The smallest absolute Gasteiger partial charge is 0.227 e. The molecule has 0 atom stereocenters. The summed E-state index contributed by atoms with van der Waals surface area (Å²) < 4.78 is 0. The number of para-hydroxylation sites is 1. The predicted molar refractivity (Wildman–Crippen MR) is 138 cm³/mol. The first-order valence-corrected chi connectivity index (χ1v) is 11.9. The molecule has 1 amide bonds. The molecule has 0 spiro atoms. The molecule has 0 bridgehead atoms.